The van der Waals surface area contributed by atoms with Crippen molar-refractivity contribution >= 4 is 0 Å². The van der Waals surface area contributed by atoms with Crippen LogP contribution < -0.4 is 5.32 Å². The van der Waals surface area contributed by atoms with Gasteiger partial charge in [0.05, 0.1) is 5.69 Å². The first-order valence-electron chi connectivity index (χ1n) is 5.87. The minimum atomic E-state index is 0.185. The van der Waals surface area contributed by atoms with Crippen molar-refractivity contribution in [2.45, 2.75) is 20.4 Å². The predicted octanol–water partition coefficient (Wildman–Crippen LogP) is 1.56. The highest BCUT2D eigenvalue weighted by molar-refractivity contribution is 5.39. The Hall–Kier alpha value is -2.19. The molecule has 0 amide bonds. The molecule has 1 heterocycles. The van der Waals surface area contributed by atoms with Crippen molar-refractivity contribution in [1.82, 2.24) is 20.1 Å². The van der Waals surface area contributed by atoms with E-state index in [9.17, 15) is 0 Å². The molecule has 1 aromatic heterocycles. The molecule has 5 heteroatoms. The van der Waals surface area contributed by atoms with E-state index in [2.05, 4.69) is 35.3 Å². The summed E-state index contributed by atoms with van der Waals surface area (Å²) in [5.41, 5.74) is 3.38. The van der Waals surface area contributed by atoms with Crippen LogP contribution >= 0.6 is 0 Å². The van der Waals surface area contributed by atoms with Crippen molar-refractivity contribution in [2.75, 3.05) is 6.54 Å². The highest BCUT2D eigenvalue weighted by Crippen LogP contribution is 2.14. The third-order valence-electron chi connectivity index (χ3n) is 2.75. The smallest absolute Gasteiger partial charge is 0.252 e. The maximum atomic E-state index is 8.70. The number of hydrogen-bond acceptors (Lipinski definition) is 4. The van der Waals surface area contributed by atoms with Crippen molar-refractivity contribution in [3.8, 4) is 11.8 Å². The molecule has 18 heavy (non-hydrogen) atoms. The van der Waals surface area contributed by atoms with Gasteiger partial charge in [0.15, 0.2) is 0 Å². The molecule has 0 fully saturated rings. The Bertz CT molecular complexity index is 579. The number of aromatic nitrogens is 3. The third-order valence-corrected chi connectivity index (χ3v) is 2.75. The standard InChI is InChI=1S/C13H15N5/c1-3-15-8-11-4-5-12(6-10(11)2)18-9-16-13(7-14)17-18/h4-6,9,15H,3,8H2,1-2H3. The number of hydrogen-bond donors (Lipinski definition) is 1. The van der Waals surface area contributed by atoms with Gasteiger partial charge in [-0.05, 0) is 36.7 Å². The molecule has 1 N–H and O–H groups in total. The fourth-order valence-electron chi connectivity index (χ4n) is 1.72. The van der Waals surface area contributed by atoms with Crippen LogP contribution in [0.2, 0.25) is 0 Å². The molecule has 0 aliphatic rings. The van der Waals surface area contributed by atoms with Gasteiger partial charge in [-0.15, -0.1) is 5.10 Å². The van der Waals surface area contributed by atoms with E-state index in [4.69, 9.17) is 5.26 Å². The Balaban J connectivity index is 2.25. The molecule has 0 bridgehead atoms. The second-order valence-corrected chi connectivity index (χ2v) is 4.02. The summed E-state index contributed by atoms with van der Waals surface area (Å²) in [4.78, 5) is 3.89. The number of nitrogens with one attached hydrogen (secondary N) is 1. The minimum absolute atomic E-state index is 0.185. The first-order valence-corrected chi connectivity index (χ1v) is 5.87. The number of nitriles is 1. The van der Waals surface area contributed by atoms with Gasteiger partial charge in [-0.3, -0.25) is 0 Å². The zero-order valence-corrected chi connectivity index (χ0v) is 10.5. The summed E-state index contributed by atoms with van der Waals surface area (Å²) in [6.07, 6.45) is 1.55. The Labute approximate surface area is 106 Å². The van der Waals surface area contributed by atoms with Crippen LogP contribution in [0.15, 0.2) is 24.5 Å². The molecule has 0 atom stereocenters. The van der Waals surface area contributed by atoms with Gasteiger partial charge in [-0.25, -0.2) is 9.67 Å². The van der Waals surface area contributed by atoms with Crippen LogP contribution in [0.1, 0.15) is 23.9 Å². The average Bonchev–Trinajstić information content (AvgIpc) is 2.86. The van der Waals surface area contributed by atoms with Crippen LogP contribution in [0.3, 0.4) is 0 Å². The zero-order chi connectivity index (χ0) is 13.0. The third kappa shape index (κ3) is 2.55. The summed E-state index contributed by atoms with van der Waals surface area (Å²) in [6.45, 7) is 5.97. The summed E-state index contributed by atoms with van der Waals surface area (Å²) in [7, 11) is 0. The van der Waals surface area contributed by atoms with Crippen molar-refractivity contribution < 1.29 is 0 Å². The maximum Gasteiger partial charge on any atom is 0.252 e. The second kappa shape index (κ2) is 5.43. The molecular weight excluding hydrogens is 226 g/mol. The van der Waals surface area contributed by atoms with Crippen LogP contribution in [-0.4, -0.2) is 21.3 Å². The maximum absolute atomic E-state index is 8.70. The molecule has 0 aliphatic carbocycles. The van der Waals surface area contributed by atoms with E-state index in [1.165, 1.54) is 11.1 Å². The van der Waals surface area contributed by atoms with E-state index < -0.39 is 0 Å². The van der Waals surface area contributed by atoms with Gasteiger partial charge in [-0.2, -0.15) is 5.26 Å². The van der Waals surface area contributed by atoms with Crippen LogP contribution in [0.5, 0.6) is 0 Å². The molecule has 0 radical (unpaired) electrons. The topological polar surface area (TPSA) is 66.5 Å². The first kappa shape index (κ1) is 12.3. The van der Waals surface area contributed by atoms with E-state index in [1.54, 1.807) is 11.0 Å². The van der Waals surface area contributed by atoms with E-state index in [1.807, 2.05) is 18.2 Å². The van der Waals surface area contributed by atoms with Gasteiger partial charge in [0.2, 0.25) is 0 Å². The molecule has 0 spiro atoms. The van der Waals surface area contributed by atoms with E-state index >= 15 is 0 Å². The molecule has 2 aromatic rings. The monoisotopic (exact) mass is 241 g/mol. The summed E-state index contributed by atoms with van der Waals surface area (Å²) in [5, 5.41) is 16.1. The highest BCUT2D eigenvalue weighted by atomic mass is 15.3. The lowest BCUT2D eigenvalue weighted by Crippen LogP contribution is -2.12. The van der Waals surface area contributed by atoms with Gasteiger partial charge in [-0.1, -0.05) is 13.0 Å². The van der Waals surface area contributed by atoms with Crippen LogP contribution in [0, 0.1) is 18.3 Å². The number of aryl methyl sites for hydroxylation is 1. The Morgan fingerprint density at radius 1 is 1.44 bits per heavy atom. The van der Waals surface area contributed by atoms with Crippen molar-refractivity contribution in [1.29, 1.82) is 5.26 Å². The Kier molecular flexibility index (Phi) is 3.70. The quantitative estimate of drug-likeness (QED) is 0.882. The highest BCUT2D eigenvalue weighted by Gasteiger charge is 2.04. The van der Waals surface area contributed by atoms with Gasteiger partial charge in [0.25, 0.3) is 5.82 Å². The molecule has 5 nitrogen and oxygen atoms in total. The van der Waals surface area contributed by atoms with E-state index in [-0.39, 0.29) is 5.82 Å². The SMILES string of the molecule is CCNCc1ccc(-n2cnc(C#N)n2)cc1C. The van der Waals surface area contributed by atoms with Crippen LogP contribution in [-0.2, 0) is 6.54 Å². The van der Waals surface area contributed by atoms with Crippen molar-refractivity contribution in [2.24, 2.45) is 0 Å². The van der Waals surface area contributed by atoms with Gasteiger partial charge < -0.3 is 5.32 Å². The predicted molar refractivity (Wildman–Crippen MR) is 68.2 cm³/mol. The average molecular weight is 241 g/mol. The van der Waals surface area contributed by atoms with Crippen LogP contribution in [0.25, 0.3) is 5.69 Å². The van der Waals surface area contributed by atoms with Gasteiger partial charge >= 0.3 is 0 Å². The lowest BCUT2D eigenvalue weighted by atomic mass is 10.1. The lowest BCUT2D eigenvalue weighted by molar-refractivity contribution is 0.723. The zero-order valence-electron chi connectivity index (χ0n) is 10.5. The number of benzene rings is 1. The summed E-state index contributed by atoms with van der Waals surface area (Å²) < 4.78 is 1.61. The Morgan fingerprint density at radius 3 is 2.89 bits per heavy atom. The number of rotatable bonds is 4. The molecule has 0 unspecified atom stereocenters. The largest absolute Gasteiger partial charge is 0.313 e. The van der Waals surface area contributed by atoms with E-state index in [0.717, 1.165) is 18.8 Å². The minimum Gasteiger partial charge on any atom is -0.313 e. The van der Waals surface area contributed by atoms with E-state index in [0.29, 0.717) is 0 Å². The lowest BCUT2D eigenvalue weighted by Gasteiger charge is -2.08. The molecule has 0 saturated carbocycles. The van der Waals surface area contributed by atoms with Crippen LogP contribution in [0.4, 0.5) is 0 Å². The molecule has 0 aliphatic heterocycles. The first-order chi connectivity index (χ1) is 8.74. The van der Waals surface area contributed by atoms with Gasteiger partial charge in [0, 0.05) is 6.54 Å². The van der Waals surface area contributed by atoms with Crippen molar-refractivity contribution in [3.63, 3.8) is 0 Å². The molecule has 1 aromatic carbocycles. The second-order valence-electron chi connectivity index (χ2n) is 4.02. The molecular formula is C13H15N5. The Morgan fingerprint density at radius 2 is 2.28 bits per heavy atom. The van der Waals surface area contributed by atoms with Gasteiger partial charge in [0.1, 0.15) is 12.4 Å². The fourth-order valence-corrected chi connectivity index (χ4v) is 1.72. The molecule has 0 saturated heterocycles. The summed E-state index contributed by atoms with van der Waals surface area (Å²) in [6, 6.07) is 8.01. The summed E-state index contributed by atoms with van der Waals surface area (Å²) in [5.74, 6) is 0.185. The normalized spacial score (nSPS) is 10.3. The summed E-state index contributed by atoms with van der Waals surface area (Å²) >= 11 is 0. The fraction of sp³-hybridized carbons (Fsp3) is 0.308. The molecule has 2 rings (SSSR count). The molecule has 92 valence electrons. The number of nitrogens with zero attached hydrogens (tertiary/aromatic N) is 4. The van der Waals surface area contributed by atoms with Crippen molar-refractivity contribution in [3.05, 3.63) is 41.5 Å².